The first-order chi connectivity index (χ1) is 8.43. The van der Waals surface area contributed by atoms with Crippen molar-refractivity contribution in [1.82, 2.24) is 0 Å². The molecule has 0 unspecified atom stereocenters. The van der Waals surface area contributed by atoms with E-state index in [-0.39, 0.29) is 7.43 Å². The quantitative estimate of drug-likeness (QED) is 0.684. The second-order valence-corrected chi connectivity index (χ2v) is 3.95. The van der Waals surface area contributed by atoms with Crippen molar-refractivity contribution in [3.05, 3.63) is 42.5 Å². The van der Waals surface area contributed by atoms with Crippen LogP contribution in [-0.4, -0.2) is 20.0 Å². The molecule has 2 nitrogen and oxygen atoms in total. The molecule has 0 heterocycles. The van der Waals surface area contributed by atoms with Crippen molar-refractivity contribution in [2.75, 3.05) is 14.2 Å². The van der Waals surface area contributed by atoms with Crippen LogP contribution in [0.3, 0.4) is 0 Å². The standard InChI is InChI=1S/C9H10.C5H12O2.C2H6.CH4/c1-8(2)9-6-4-3-5-7-9;1-5(2,6-3)7-4;1-2;/h3-7H,1H2,2H3;1-4H3;1-2H3;1H4. The van der Waals surface area contributed by atoms with Gasteiger partial charge in [-0.25, -0.2) is 0 Å². The van der Waals surface area contributed by atoms with Crippen molar-refractivity contribution in [3.63, 3.8) is 0 Å². The Bertz CT molecular complexity index is 296. The molecule has 1 aromatic rings. The lowest BCUT2D eigenvalue weighted by Gasteiger charge is -2.19. The number of hydrogen-bond acceptors (Lipinski definition) is 2. The lowest BCUT2D eigenvalue weighted by molar-refractivity contribution is -0.178. The zero-order valence-corrected chi connectivity index (χ0v) is 12.9. The zero-order chi connectivity index (χ0) is 14.6. The van der Waals surface area contributed by atoms with Gasteiger partial charge in [0.15, 0.2) is 5.79 Å². The molecule has 112 valence electrons. The topological polar surface area (TPSA) is 18.5 Å². The summed E-state index contributed by atoms with van der Waals surface area (Å²) in [4.78, 5) is 0. The highest BCUT2D eigenvalue weighted by molar-refractivity contribution is 5.60. The van der Waals surface area contributed by atoms with Crippen molar-refractivity contribution in [2.45, 2.75) is 47.8 Å². The van der Waals surface area contributed by atoms with E-state index < -0.39 is 5.79 Å². The van der Waals surface area contributed by atoms with Crippen LogP contribution in [0.1, 0.15) is 47.6 Å². The highest BCUT2D eigenvalue weighted by Crippen LogP contribution is 2.08. The molecule has 0 radical (unpaired) electrons. The van der Waals surface area contributed by atoms with Crippen LogP contribution >= 0.6 is 0 Å². The van der Waals surface area contributed by atoms with Crippen LogP contribution in [0.2, 0.25) is 0 Å². The van der Waals surface area contributed by atoms with E-state index in [4.69, 9.17) is 9.47 Å². The van der Waals surface area contributed by atoms with Crippen molar-refractivity contribution < 1.29 is 9.47 Å². The number of benzene rings is 1. The molecule has 1 rings (SSSR count). The first-order valence-electron chi connectivity index (χ1n) is 6.24. The molecule has 0 N–H and O–H groups in total. The van der Waals surface area contributed by atoms with Gasteiger partial charge in [0.1, 0.15) is 0 Å². The van der Waals surface area contributed by atoms with E-state index in [1.54, 1.807) is 14.2 Å². The number of allylic oxidation sites excluding steroid dienone is 1. The molecule has 0 aliphatic rings. The van der Waals surface area contributed by atoms with Gasteiger partial charge in [-0.15, -0.1) is 0 Å². The molecule has 0 atom stereocenters. The Hall–Kier alpha value is -1.12. The minimum atomic E-state index is -0.417. The normalized spacial score (nSPS) is 9.00. The molecule has 0 saturated heterocycles. The van der Waals surface area contributed by atoms with Gasteiger partial charge in [0, 0.05) is 14.2 Å². The Morgan fingerprint density at radius 3 is 1.53 bits per heavy atom. The lowest BCUT2D eigenvalue weighted by Crippen LogP contribution is -2.24. The zero-order valence-electron chi connectivity index (χ0n) is 12.9. The molecule has 0 fully saturated rings. The summed E-state index contributed by atoms with van der Waals surface area (Å²) in [7, 11) is 3.23. The van der Waals surface area contributed by atoms with Gasteiger partial charge < -0.3 is 9.47 Å². The Morgan fingerprint density at radius 1 is 1.00 bits per heavy atom. The third-order valence-electron chi connectivity index (χ3n) is 2.25. The van der Waals surface area contributed by atoms with Crippen LogP contribution in [0.15, 0.2) is 36.9 Å². The second-order valence-electron chi connectivity index (χ2n) is 3.95. The van der Waals surface area contributed by atoms with Crippen molar-refractivity contribution in [3.8, 4) is 0 Å². The Kier molecular flexibility index (Phi) is 16.1. The van der Waals surface area contributed by atoms with E-state index in [9.17, 15) is 0 Å². The van der Waals surface area contributed by atoms with Gasteiger partial charge in [-0.05, 0) is 26.3 Å². The molecular weight excluding hydrogens is 236 g/mol. The van der Waals surface area contributed by atoms with Gasteiger partial charge in [-0.3, -0.25) is 0 Å². The SMILES string of the molecule is C.C=C(C)c1ccccc1.CC.COC(C)(C)OC. The molecular formula is C17H32O2. The second kappa shape index (κ2) is 13.3. The van der Waals surface area contributed by atoms with Crippen molar-refractivity contribution >= 4 is 5.57 Å². The number of hydrogen-bond donors (Lipinski definition) is 0. The summed E-state index contributed by atoms with van der Waals surface area (Å²) in [6.45, 7) is 13.5. The van der Waals surface area contributed by atoms with Crippen LogP contribution in [0, 0.1) is 0 Å². The highest BCUT2D eigenvalue weighted by atomic mass is 16.7. The van der Waals surface area contributed by atoms with E-state index in [1.165, 1.54) is 5.56 Å². The number of ether oxygens (including phenoxy) is 2. The molecule has 19 heavy (non-hydrogen) atoms. The van der Waals surface area contributed by atoms with E-state index in [0.29, 0.717) is 0 Å². The van der Waals surface area contributed by atoms with E-state index >= 15 is 0 Å². The molecule has 0 saturated carbocycles. The van der Waals surface area contributed by atoms with Gasteiger partial charge in [-0.2, -0.15) is 0 Å². The summed E-state index contributed by atoms with van der Waals surface area (Å²) in [6, 6.07) is 10.2. The van der Waals surface area contributed by atoms with Crippen LogP contribution in [0.25, 0.3) is 5.57 Å². The minimum Gasteiger partial charge on any atom is -0.354 e. The summed E-state index contributed by atoms with van der Waals surface area (Å²) in [6.07, 6.45) is 0. The van der Waals surface area contributed by atoms with Crippen molar-refractivity contribution in [2.24, 2.45) is 0 Å². The summed E-state index contributed by atoms with van der Waals surface area (Å²) in [5.74, 6) is -0.417. The number of methoxy groups -OCH3 is 2. The van der Waals surface area contributed by atoms with Crippen LogP contribution < -0.4 is 0 Å². The maximum absolute atomic E-state index is 4.86. The Balaban J connectivity index is -0.000000233. The molecule has 0 spiro atoms. The molecule has 0 amide bonds. The van der Waals surface area contributed by atoms with Gasteiger partial charge in [0.2, 0.25) is 0 Å². The molecule has 1 aromatic carbocycles. The van der Waals surface area contributed by atoms with Gasteiger partial charge in [-0.1, -0.05) is 63.8 Å². The molecule has 0 bridgehead atoms. The predicted octanol–water partition coefficient (Wildman–Crippen LogP) is 5.40. The predicted molar refractivity (Wildman–Crippen MR) is 87.3 cm³/mol. The third-order valence-corrected chi connectivity index (χ3v) is 2.25. The third kappa shape index (κ3) is 13.1. The Labute approximate surface area is 120 Å². The van der Waals surface area contributed by atoms with Crippen LogP contribution in [-0.2, 0) is 9.47 Å². The van der Waals surface area contributed by atoms with E-state index in [2.05, 4.69) is 18.7 Å². The Morgan fingerprint density at radius 2 is 1.37 bits per heavy atom. The fourth-order valence-corrected chi connectivity index (χ4v) is 0.806. The van der Waals surface area contributed by atoms with E-state index in [0.717, 1.165) is 5.57 Å². The highest BCUT2D eigenvalue weighted by Gasteiger charge is 2.11. The summed E-state index contributed by atoms with van der Waals surface area (Å²) in [5.41, 5.74) is 2.34. The van der Waals surface area contributed by atoms with Gasteiger partial charge >= 0.3 is 0 Å². The first-order valence-corrected chi connectivity index (χ1v) is 6.24. The largest absolute Gasteiger partial charge is 0.354 e. The number of rotatable bonds is 3. The summed E-state index contributed by atoms with van der Waals surface area (Å²) in [5, 5.41) is 0. The fourth-order valence-electron chi connectivity index (χ4n) is 0.806. The van der Waals surface area contributed by atoms with Gasteiger partial charge in [0.05, 0.1) is 0 Å². The maximum Gasteiger partial charge on any atom is 0.161 e. The lowest BCUT2D eigenvalue weighted by atomic mass is 10.1. The van der Waals surface area contributed by atoms with Gasteiger partial charge in [0.25, 0.3) is 0 Å². The summed E-state index contributed by atoms with van der Waals surface area (Å²) >= 11 is 0. The minimum absolute atomic E-state index is 0. The smallest absolute Gasteiger partial charge is 0.161 e. The average molecular weight is 268 g/mol. The first kappa shape index (κ1) is 23.0. The average Bonchev–Trinajstić information content (AvgIpc) is 2.42. The molecule has 0 aromatic heterocycles. The molecule has 2 heteroatoms. The van der Waals surface area contributed by atoms with E-state index in [1.807, 2.05) is 52.8 Å². The fraction of sp³-hybridized carbons (Fsp3) is 0.529. The van der Waals surface area contributed by atoms with Crippen LogP contribution in [0.5, 0.6) is 0 Å². The molecule has 0 aliphatic carbocycles. The maximum atomic E-state index is 4.86. The molecule has 0 aliphatic heterocycles. The van der Waals surface area contributed by atoms with Crippen molar-refractivity contribution in [1.29, 1.82) is 0 Å². The van der Waals surface area contributed by atoms with Crippen LogP contribution in [0.4, 0.5) is 0 Å². The monoisotopic (exact) mass is 268 g/mol. The summed E-state index contributed by atoms with van der Waals surface area (Å²) < 4.78 is 9.73.